The molecule has 0 bridgehead atoms. The predicted molar refractivity (Wildman–Crippen MR) is 35.5 cm³/mol. The SMILES string of the molecule is N#COc1ccnc(C(F)(F)F)c1. The highest BCUT2D eigenvalue weighted by atomic mass is 19.4. The van der Waals surface area contributed by atoms with Gasteiger partial charge < -0.3 is 4.74 Å². The van der Waals surface area contributed by atoms with Gasteiger partial charge in [0.15, 0.2) is 0 Å². The monoisotopic (exact) mass is 188 g/mol. The minimum Gasteiger partial charge on any atom is -0.388 e. The van der Waals surface area contributed by atoms with E-state index < -0.39 is 11.9 Å². The zero-order chi connectivity index (χ0) is 9.90. The molecule has 3 nitrogen and oxygen atoms in total. The zero-order valence-corrected chi connectivity index (χ0v) is 6.17. The van der Waals surface area contributed by atoms with E-state index in [1.807, 2.05) is 0 Å². The van der Waals surface area contributed by atoms with Crippen molar-refractivity contribution >= 4 is 0 Å². The van der Waals surface area contributed by atoms with Crippen LogP contribution < -0.4 is 4.74 Å². The Morgan fingerprint density at radius 2 is 2.15 bits per heavy atom. The predicted octanol–water partition coefficient (Wildman–Crippen LogP) is 1.96. The Morgan fingerprint density at radius 3 is 2.69 bits per heavy atom. The van der Waals surface area contributed by atoms with Crippen LogP contribution in [0, 0.1) is 11.5 Å². The van der Waals surface area contributed by atoms with Crippen molar-refractivity contribution in [3.63, 3.8) is 0 Å². The molecule has 1 aromatic heterocycles. The minimum absolute atomic E-state index is 0.176. The van der Waals surface area contributed by atoms with Crippen molar-refractivity contribution in [1.29, 1.82) is 5.26 Å². The molecule has 68 valence electrons. The summed E-state index contributed by atoms with van der Waals surface area (Å²) in [4.78, 5) is 3.08. The fourth-order valence-electron chi connectivity index (χ4n) is 0.682. The summed E-state index contributed by atoms with van der Waals surface area (Å²) in [5, 5.41) is 8.04. The normalized spacial score (nSPS) is 10.6. The maximum absolute atomic E-state index is 12.0. The summed E-state index contributed by atoms with van der Waals surface area (Å²) in [6, 6.07) is 1.82. The Morgan fingerprint density at radius 1 is 1.46 bits per heavy atom. The Kier molecular flexibility index (Phi) is 2.37. The molecule has 13 heavy (non-hydrogen) atoms. The molecule has 0 spiro atoms. The Bertz CT molecular complexity index is 342. The smallest absolute Gasteiger partial charge is 0.388 e. The molecule has 0 amide bonds. The Hall–Kier alpha value is -1.77. The van der Waals surface area contributed by atoms with E-state index in [0.29, 0.717) is 6.07 Å². The molecule has 0 radical (unpaired) electrons. The van der Waals surface area contributed by atoms with Gasteiger partial charge in [0.1, 0.15) is 11.4 Å². The summed E-state index contributed by atoms with van der Waals surface area (Å²) < 4.78 is 40.2. The van der Waals surface area contributed by atoms with Gasteiger partial charge in [-0.15, -0.1) is 5.26 Å². The van der Waals surface area contributed by atoms with Gasteiger partial charge >= 0.3 is 6.18 Å². The van der Waals surface area contributed by atoms with Gasteiger partial charge in [0.05, 0.1) is 0 Å². The summed E-state index contributed by atoms with van der Waals surface area (Å²) in [7, 11) is 0. The van der Waals surface area contributed by atoms with Crippen LogP contribution in [0.3, 0.4) is 0 Å². The molecule has 6 heteroatoms. The second-order valence-corrected chi connectivity index (χ2v) is 2.07. The van der Waals surface area contributed by atoms with Gasteiger partial charge in [-0.2, -0.15) is 13.2 Å². The third-order valence-electron chi connectivity index (χ3n) is 1.19. The van der Waals surface area contributed by atoms with Gasteiger partial charge in [-0.3, -0.25) is 4.98 Å². The number of halogens is 3. The van der Waals surface area contributed by atoms with E-state index in [9.17, 15) is 13.2 Å². The highest BCUT2D eigenvalue weighted by Gasteiger charge is 2.32. The number of hydrogen-bond acceptors (Lipinski definition) is 3. The van der Waals surface area contributed by atoms with Crippen LogP contribution in [0.5, 0.6) is 5.75 Å². The van der Waals surface area contributed by atoms with Gasteiger partial charge in [0, 0.05) is 18.3 Å². The van der Waals surface area contributed by atoms with Crippen LogP contribution in [-0.4, -0.2) is 4.98 Å². The topological polar surface area (TPSA) is 45.9 Å². The van der Waals surface area contributed by atoms with Gasteiger partial charge in [0.2, 0.25) is 0 Å². The lowest BCUT2D eigenvalue weighted by Crippen LogP contribution is -2.07. The van der Waals surface area contributed by atoms with Crippen molar-refractivity contribution in [3.8, 4) is 12.0 Å². The second kappa shape index (κ2) is 3.31. The van der Waals surface area contributed by atoms with Crippen LogP contribution in [0.1, 0.15) is 5.69 Å². The number of nitrogens with zero attached hydrogens (tertiary/aromatic N) is 2. The van der Waals surface area contributed by atoms with Crippen LogP contribution in [0.2, 0.25) is 0 Å². The van der Waals surface area contributed by atoms with Crippen molar-refractivity contribution < 1.29 is 17.9 Å². The molecule has 0 saturated carbocycles. The van der Waals surface area contributed by atoms with Gasteiger partial charge in [-0.1, -0.05) is 0 Å². The largest absolute Gasteiger partial charge is 0.433 e. The maximum atomic E-state index is 12.0. The van der Waals surface area contributed by atoms with Crippen molar-refractivity contribution in [2.45, 2.75) is 6.18 Å². The molecule has 0 aliphatic rings. The van der Waals surface area contributed by atoms with Crippen molar-refractivity contribution in [1.82, 2.24) is 4.98 Å². The number of aromatic nitrogens is 1. The lowest BCUT2D eigenvalue weighted by atomic mass is 10.3. The molecule has 0 aliphatic carbocycles. The first kappa shape index (κ1) is 9.32. The van der Waals surface area contributed by atoms with E-state index in [4.69, 9.17) is 5.26 Å². The highest BCUT2D eigenvalue weighted by molar-refractivity contribution is 5.24. The quantitative estimate of drug-likeness (QED) is 0.633. The summed E-state index contributed by atoms with van der Waals surface area (Å²) in [6.07, 6.45) is -2.33. The molecule has 0 aromatic carbocycles. The second-order valence-electron chi connectivity index (χ2n) is 2.07. The van der Waals surface area contributed by atoms with Crippen molar-refractivity contribution in [2.75, 3.05) is 0 Å². The molecular weight excluding hydrogens is 185 g/mol. The first-order chi connectivity index (χ1) is 6.04. The first-order valence-corrected chi connectivity index (χ1v) is 3.13. The molecule has 0 N–H and O–H groups in total. The summed E-state index contributed by atoms with van der Waals surface area (Å²) in [6.45, 7) is 0. The number of nitriles is 1. The van der Waals surface area contributed by atoms with E-state index in [-0.39, 0.29) is 5.75 Å². The van der Waals surface area contributed by atoms with Crippen LogP contribution in [0.4, 0.5) is 13.2 Å². The summed E-state index contributed by atoms with van der Waals surface area (Å²) in [5.41, 5.74) is -1.08. The van der Waals surface area contributed by atoms with Gasteiger partial charge in [0.25, 0.3) is 6.26 Å². The van der Waals surface area contributed by atoms with Gasteiger partial charge in [-0.25, -0.2) is 0 Å². The van der Waals surface area contributed by atoms with E-state index >= 15 is 0 Å². The molecule has 0 unspecified atom stereocenters. The lowest BCUT2D eigenvalue weighted by Gasteiger charge is -2.04. The minimum atomic E-state index is -4.52. The average Bonchev–Trinajstić information content (AvgIpc) is 2.04. The first-order valence-electron chi connectivity index (χ1n) is 3.13. The fraction of sp³-hybridized carbons (Fsp3) is 0.143. The van der Waals surface area contributed by atoms with Crippen LogP contribution in [0.25, 0.3) is 0 Å². The van der Waals surface area contributed by atoms with E-state index in [1.165, 1.54) is 12.3 Å². The molecule has 0 atom stereocenters. The molecular formula is C7H3F3N2O. The standard InChI is InChI=1S/C7H3F3N2O/c8-7(9,10)6-3-5(13-4-11)1-2-12-6/h1-3H. The van der Waals surface area contributed by atoms with Gasteiger partial charge in [-0.05, 0) is 0 Å². The van der Waals surface area contributed by atoms with Crippen molar-refractivity contribution in [2.24, 2.45) is 0 Å². The number of rotatable bonds is 1. The van der Waals surface area contributed by atoms with E-state index in [0.717, 1.165) is 6.20 Å². The number of hydrogen-bond donors (Lipinski definition) is 0. The summed E-state index contributed by atoms with van der Waals surface area (Å²) in [5.74, 6) is -0.176. The van der Waals surface area contributed by atoms with E-state index in [2.05, 4.69) is 9.72 Å². The highest BCUT2D eigenvalue weighted by Crippen LogP contribution is 2.29. The van der Waals surface area contributed by atoms with Crippen LogP contribution >= 0.6 is 0 Å². The molecule has 0 saturated heterocycles. The number of ether oxygens (including phenoxy) is 1. The van der Waals surface area contributed by atoms with E-state index in [1.54, 1.807) is 0 Å². The molecule has 1 rings (SSSR count). The summed E-state index contributed by atoms with van der Waals surface area (Å²) >= 11 is 0. The third-order valence-corrected chi connectivity index (χ3v) is 1.19. The van der Waals surface area contributed by atoms with Crippen LogP contribution in [0.15, 0.2) is 18.3 Å². The molecule has 0 fully saturated rings. The molecule has 0 aliphatic heterocycles. The molecule has 1 aromatic rings. The lowest BCUT2D eigenvalue weighted by molar-refractivity contribution is -0.141. The number of pyridine rings is 1. The van der Waals surface area contributed by atoms with Crippen molar-refractivity contribution in [3.05, 3.63) is 24.0 Å². The number of alkyl halides is 3. The van der Waals surface area contributed by atoms with Crippen LogP contribution in [-0.2, 0) is 6.18 Å². The Labute approximate surface area is 71.4 Å². The molecule has 1 heterocycles. The fourth-order valence-corrected chi connectivity index (χ4v) is 0.682. The Balaban J connectivity index is 3.00. The maximum Gasteiger partial charge on any atom is 0.433 e. The zero-order valence-electron chi connectivity index (χ0n) is 6.17. The average molecular weight is 188 g/mol. The third kappa shape index (κ3) is 2.33.